The van der Waals surface area contributed by atoms with Crippen molar-refractivity contribution in [3.8, 4) is 17.6 Å². The van der Waals surface area contributed by atoms with Gasteiger partial charge >= 0.3 is 11.9 Å². The lowest BCUT2D eigenvalue weighted by atomic mass is 9.82. The highest BCUT2D eigenvalue weighted by Gasteiger charge is 2.38. The maximum absolute atomic E-state index is 12.8. The van der Waals surface area contributed by atoms with Crippen LogP contribution in [-0.2, 0) is 23.8 Å². The SMILES string of the molecule is CCOC(=O)CC1=C(C(=O)OCC)[C@H](c2ccc(OC)c(OC)c2)C(C#N)=C(N)O1. The van der Waals surface area contributed by atoms with Crippen LogP contribution in [0.3, 0.4) is 0 Å². The zero-order valence-corrected chi connectivity index (χ0v) is 17.3. The van der Waals surface area contributed by atoms with Crippen molar-refractivity contribution in [2.45, 2.75) is 26.2 Å². The molecule has 0 unspecified atom stereocenters. The molecule has 0 spiro atoms. The van der Waals surface area contributed by atoms with Gasteiger partial charge in [0, 0.05) is 0 Å². The Morgan fingerprint density at radius 2 is 1.80 bits per heavy atom. The molecule has 2 N–H and O–H groups in total. The first-order valence-corrected chi connectivity index (χ1v) is 9.26. The summed E-state index contributed by atoms with van der Waals surface area (Å²) in [6.07, 6.45) is -0.342. The van der Waals surface area contributed by atoms with Crippen molar-refractivity contribution in [1.82, 2.24) is 0 Å². The van der Waals surface area contributed by atoms with Crippen molar-refractivity contribution < 1.29 is 33.3 Å². The standard InChI is InChI=1S/C21H24N2O7/c1-5-28-17(24)10-16-19(21(25)29-6-2)18(13(11-22)20(23)30-16)12-7-8-14(26-3)15(9-12)27-4/h7-9,18H,5-6,10,23H2,1-4H3/t18-/m1/s1. The van der Waals surface area contributed by atoms with Crippen molar-refractivity contribution in [3.05, 3.63) is 46.6 Å². The third-order valence-corrected chi connectivity index (χ3v) is 4.34. The van der Waals surface area contributed by atoms with Crippen molar-refractivity contribution in [2.75, 3.05) is 27.4 Å². The number of ether oxygens (including phenoxy) is 5. The van der Waals surface area contributed by atoms with E-state index in [9.17, 15) is 14.9 Å². The van der Waals surface area contributed by atoms with E-state index in [0.717, 1.165) is 0 Å². The monoisotopic (exact) mass is 416 g/mol. The van der Waals surface area contributed by atoms with Crippen LogP contribution in [0.5, 0.6) is 11.5 Å². The Hall–Kier alpha value is -3.67. The number of nitriles is 1. The van der Waals surface area contributed by atoms with E-state index in [-0.39, 0.29) is 42.4 Å². The lowest BCUT2D eigenvalue weighted by Crippen LogP contribution is -2.27. The van der Waals surface area contributed by atoms with Gasteiger partial charge in [-0.05, 0) is 31.5 Å². The van der Waals surface area contributed by atoms with E-state index < -0.39 is 17.9 Å². The summed E-state index contributed by atoms with van der Waals surface area (Å²) in [7, 11) is 2.96. The van der Waals surface area contributed by atoms with Crippen LogP contribution in [0.25, 0.3) is 0 Å². The third-order valence-electron chi connectivity index (χ3n) is 4.34. The minimum Gasteiger partial charge on any atom is -0.493 e. The molecule has 0 amide bonds. The van der Waals surface area contributed by atoms with Gasteiger partial charge in [0.25, 0.3) is 0 Å². The van der Waals surface area contributed by atoms with Crippen LogP contribution in [-0.4, -0.2) is 39.4 Å². The first-order chi connectivity index (χ1) is 14.4. The smallest absolute Gasteiger partial charge is 0.338 e. The van der Waals surface area contributed by atoms with Crippen molar-refractivity contribution >= 4 is 11.9 Å². The molecule has 0 saturated carbocycles. The summed E-state index contributed by atoms with van der Waals surface area (Å²) in [5.41, 5.74) is 6.49. The number of benzene rings is 1. The molecule has 0 aliphatic carbocycles. The second-order valence-electron chi connectivity index (χ2n) is 6.08. The summed E-state index contributed by atoms with van der Waals surface area (Å²) < 4.78 is 26.2. The number of methoxy groups -OCH3 is 2. The van der Waals surface area contributed by atoms with Gasteiger partial charge < -0.3 is 29.4 Å². The minimum atomic E-state index is -0.924. The molecule has 1 aromatic rings. The van der Waals surface area contributed by atoms with Crippen molar-refractivity contribution in [2.24, 2.45) is 5.73 Å². The maximum atomic E-state index is 12.8. The Bertz CT molecular complexity index is 928. The molecule has 0 saturated heterocycles. The average Bonchev–Trinajstić information content (AvgIpc) is 2.73. The molecule has 2 rings (SSSR count). The van der Waals surface area contributed by atoms with Crippen LogP contribution < -0.4 is 15.2 Å². The van der Waals surface area contributed by atoms with E-state index in [2.05, 4.69) is 0 Å². The average molecular weight is 416 g/mol. The van der Waals surface area contributed by atoms with Gasteiger partial charge in [-0.15, -0.1) is 0 Å². The zero-order chi connectivity index (χ0) is 22.3. The predicted octanol–water partition coefficient (Wildman–Crippen LogP) is 2.28. The van der Waals surface area contributed by atoms with E-state index in [1.807, 2.05) is 6.07 Å². The van der Waals surface area contributed by atoms with Gasteiger partial charge in [-0.25, -0.2) is 4.79 Å². The van der Waals surface area contributed by atoms with Crippen LogP contribution in [0.1, 0.15) is 31.7 Å². The number of rotatable bonds is 8. The fourth-order valence-corrected chi connectivity index (χ4v) is 3.09. The molecular formula is C21H24N2O7. The van der Waals surface area contributed by atoms with Gasteiger partial charge in [-0.1, -0.05) is 6.07 Å². The number of esters is 2. The normalized spacial score (nSPS) is 15.8. The van der Waals surface area contributed by atoms with Crippen molar-refractivity contribution in [3.63, 3.8) is 0 Å². The molecular weight excluding hydrogens is 392 g/mol. The summed E-state index contributed by atoms with van der Waals surface area (Å²) in [6.45, 7) is 3.56. The second-order valence-corrected chi connectivity index (χ2v) is 6.08. The quantitative estimate of drug-likeness (QED) is 0.634. The fourth-order valence-electron chi connectivity index (χ4n) is 3.09. The number of hydrogen-bond donors (Lipinski definition) is 1. The Morgan fingerprint density at radius 1 is 1.13 bits per heavy atom. The van der Waals surface area contributed by atoms with Crippen LogP contribution in [0, 0.1) is 11.3 Å². The van der Waals surface area contributed by atoms with E-state index in [0.29, 0.717) is 17.1 Å². The molecule has 9 heteroatoms. The molecule has 0 bridgehead atoms. The highest BCUT2D eigenvalue weighted by atomic mass is 16.5. The van der Waals surface area contributed by atoms with Crippen LogP contribution in [0.15, 0.2) is 41.0 Å². The maximum Gasteiger partial charge on any atom is 0.338 e. The zero-order valence-electron chi connectivity index (χ0n) is 17.3. The first kappa shape index (κ1) is 22.6. The molecule has 1 aliphatic heterocycles. The molecule has 160 valence electrons. The Labute approximate surface area is 174 Å². The molecule has 9 nitrogen and oxygen atoms in total. The Kier molecular flexibility index (Phi) is 7.69. The number of carbonyl (C=O) groups is 2. The van der Waals surface area contributed by atoms with E-state index in [1.165, 1.54) is 14.2 Å². The summed E-state index contributed by atoms with van der Waals surface area (Å²) in [5, 5.41) is 9.71. The molecule has 1 heterocycles. The minimum absolute atomic E-state index is 0.00266. The number of nitrogens with two attached hydrogens (primary N) is 1. The van der Waals surface area contributed by atoms with E-state index >= 15 is 0 Å². The van der Waals surface area contributed by atoms with E-state index in [1.54, 1.807) is 32.0 Å². The second kappa shape index (κ2) is 10.2. The number of nitrogens with zero attached hydrogens (tertiary/aromatic N) is 1. The van der Waals surface area contributed by atoms with Gasteiger partial charge in [-0.2, -0.15) is 5.26 Å². The highest BCUT2D eigenvalue weighted by molar-refractivity contribution is 5.93. The summed E-state index contributed by atoms with van der Waals surface area (Å²) in [6, 6.07) is 6.93. The van der Waals surface area contributed by atoms with Gasteiger partial charge in [0.1, 0.15) is 23.8 Å². The van der Waals surface area contributed by atoms with Gasteiger partial charge in [-0.3, -0.25) is 4.79 Å². The third kappa shape index (κ3) is 4.66. The highest BCUT2D eigenvalue weighted by Crippen LogP contribution is 2.42. The molecule has 0 radical (unpaired) electrons. The van der Waals surface area contributed by atoms with E-state index in [4.69, 9.17) is 29.4 Å². The van der Waals surface area contributed by atoms with Gasteiger partial charge in [0.15, 0.2) is 11.5 Å². The Balaban J connectivity index is 2.69. The van der Waals surface area contributed by atoms with Crippen molar-refractivity contribution in [1.29, 1.82) is 5.26 Å². The lowest BCUT2D eigenvalue weighted by molar-refractivity contribution is -0.143. The number of hydrogen-bond acceptors (Lipinski definition) is 9. The summed E-state index contributed by atoms with van der Waals surface area (Å²) in [5.74, 6) is -1.62. The number of allylic oxidation sites excluding steroid dienone is 1. The fraction of sp³-hybridized carbons (Fsp3) is 0.381. The largest absolute Gasteiger partial charge is 0.493 e. The predicted molar refractivity (Wildman–Crippen MR) is 105 cm³/mol. The molecule has 1 aromatic carbocycles. The van der Waals surface area contributed by atoms with Crippen LogP contribution in [0.2, 0.25) is 0 Å². The molecule has 1 aliphatic rings. The topological polar surface area (TPSA) is 130 Å². The lowest BCUT2D eigenvalue weighted by Gasteiger charge is -2.28. The summed E-state index contributed by atoms with van der Waals surface area (Å²) >= 11 is 0. The molecule has 30 heavy (non-hydrogen) atoms. The molecule has 0 aromatic heterocycles. The van der Waals surface area contributed by atoms with Crippen LogP contribution >= 0.6 is 0 Å². The molecule has 0 fully saturated rings. The Morgan fingerprint density at radius 3 is 2.37 bits per heavy atom. The molecule has 1 atom stereocenters. The van der Waals surface area contributed by atoms with Gasteiger partial charge in [0.2, 0.25) is 5.88 Å². The number of carbonyl (C=O) groups excluding carboxylic acids is 2. The first-order valence-electron chi connectivity index (χ1n) is 9.26. The van der Waals surface area contributed by atoms with Crippen LogP contribution in [0.4, 0.5) is 0 Å². The summed E-state index contributed by atoms with van der Waals surface area (Å²) in [4.78, 5) is 24.9. The van der Waals surface area contributed by atoms with Gasteiger partial charge in [0.05, 0.1) is 38.9 Å².